The Kier molecular flexibility index (Phi) is 2.80. The van der Waals surface area contributed by atoms with Crippen LogP contribution in [0.4, 0.5) is 0 Å². The average molecular weight is 309 g/mol. The molecule has 0 spiro atoms. The zero-order chi connectivity index (χ0) is 16.0. The minimum atomic E-state index is -1.12. The van der Waals surface area contributed by atoms with Crippen LogP contribution in [0, 0.1) is 0 Å². The molecule has 0 aromatic carbocycles. The van der Waals surface area contributed by atoms with E-state index < -0.39 is 5.97 Å². The summed E-state index contributed by atoms with van der Waals surface area (Å²) >= 11 is 0. The fourth-order valence-corrected chi connectivity index (χ4v) is 2.65. The molecule has 0 amide bonds. The van der Waals surface area contributed by atoms with Gasteiger partial charge in [-0.05, 0) is 30.3 Å². The third-order valence-electron chi connectivity index (χ3n) is 3.69. The van der Waals surface area contributed by atoms with Gasteiger partial charge in [0.15, 0.2) is 0 Å². The molecular formula is C16H11N3O4. The molecule has 1 N–H and O–H groups in total. The van der Waals surface area contributed by atoms with E-state index in [1.807, 2.05) is 0 Å². The van der Waals surface area contributed by atoms with Gasteiger partial charge in [0.05, 0.1) is 18.2 Å². The van der Waals surface area contributed by atoms with Crippen molar-refractivity contribution < 1.29 is 14.3 Å². The van der Waals surface area contributed by atoms with Crippen LogP contribution in [0.1, 0.15) is 16.2 Å². The number of pyridine rings is 1. The molecule has 4 aromatic rings. The van der Waals surface area contributed by atoms with Gasteiger partial charge in [-0.25, -0.2) is 9.78 Å². The van der Waals surface area contributed by atoms with E-state index in [0.29, 0.717) is 17.1 Å². The van der Waals surface area contributed by atoms with Gasteiger partial charge >= 0.3 is 5.97 Å². The number of hydrogen-bond donors (Lipinski definition) is 1. The second kappa shape index (κ2) is 4.84. The van der Waals surface area contributed by atoms with Crippen molar-refractivity contribution in [2.75, 3.05) is 0 Å². The molecule has 4 rings (SSSR count). The lowest BCUT2D eigenvalue weighted by atomic mass is 10.3. The van der Waals surface area contributed by atoms with Crippen LogP contribution in [0.5, 0.6) is 0 Å². The van der Waals surface area contributed by atoms with E-state index in [1.165, 1.54) is 21.3 Å². The summed E-state index contributed by atoms with van der Waals surface area (Å²) < 4.78 is 8.15. The van der Waals surface area contributed by atoms with Crippen LogP contribution in [-0.2, 0) is 6.54 Å². The molecule has 0 aliphatic heterocycles. The molecular weight excluding hydrogens is 298 g/mol. The number of carboxylic acid groups (broad SMARTS) is 1. The van der Waals surface area contributed by atoms with Crippen LogP contribution in [0.15, 0.2) is 58.1 Å². The van der Waals surface area contributed by atoms with E-state index in [0.717, 1.165) is 0 Å². The van der Waals surface area contributed by atoms with Gasteiger partial charge in [0.2, 0.25) is 0 Å². The summed E-state index contributed by atoms with van der Waals surface area (Å²) in [7, 11) is 0. The van der Waals surface area contributed by atoms with Crippen LogP contribution in [-0.4, -0.2) is 25.0 Å². The van der Waals surface area contributed by atoms with Gasteiger partial charge in [-0.15, -0.1) is 0 Å². The molecule has 0 unspecified atom stereocenters. The highest BCUT2D eigenvalue weighted by atomic mass is 16.4. The normalized spacial score (nSPS) is 11.3. The zero-order valence-electron chi connectivity index (χ0n) is 11.8. The molecule has 0 fully saturated rings. The molecule has 0 aliphatic carbocycles. The number of nitrogens with zero attached hydrogens (tertiary/aromatic N) is 3. The van der Waals surface area contributed by atoms with Crippen LogP contribution < -0.4 is 5.56 Å². The Morgan fingerprint density at radius 3 is 2.87 bits per heavy atom. The minimum Gasteiger partial charge on any atom is -0.477 e. The van der Waals surface area contributed by atoms with E-state index >= 15 is 0 Å². The molecule has 0 aliphatic rings. The highest BCUT2D eigenvalue weighted by Crippen LogP contribution is 2.18. The first-order valence-electron chi connectivity index (χ1n) is 6.91. The Balaban J connectivity index is 2.07. The van der Waals surface area contributed by atoms with Crippen molar-refractivity contribution in [3.05, 3.63) is 70.7 Å². The minimum absolute atomic E-state index is 0.00286. The second-order valence-corrected chi connectivity index (χ2v) is 5.08. The summed E-state index contributed by atoms with van der Waals surface area (Å²) in [5.74, 6) is -0.539. The van der Waals surface area contributed by atoms with Gasteiger partial charge in [-0.1, -0.05) is 6.07 Å². The molecule has 7 nitrogen and oxygen atoms in total. The predicted molar refractivity (Wildman–Crippen MR) is 81.7 cm³/mol. The van der Waals surface area contributed by atoms with E-state index in [-0.39, 0.29) is 23.2 Å². The fraction of sp³-hybridized carbons (Fsp3) is 0.0625. The first kappa shape index (κ1) is 13.3. The number of carboxylic acids is 1. The van der Waals surface area contributed by atoms with Crippen LogP contribution >= 0.6 is 0 Å². The lowest BCUT2D eigenvalue weighted by Crippen LogP contribution is -2.15. The third kappa shape index (κ3) is 2.02. The van der Waals surface area contributed by atoms with Gasteiger partial charge < -0.3 is 14.1 Å². The molecule has 23 heavy (non-hydrogen) atoms. The molecule has 0 saturated carbocycles. The van der Waals surface area contributed by atoms with Gasteiger partial charge in [0.1, 0.15) is 22.7 Å². The summed E-state index contributed by atoms with van der Waals surface area (Å²) in [6, 6.07) is 10.0. The lowest BCUT2D eigenvalue weighted by molar-refractivity contribution is 0.0686. The summed E-state index contributed by atoms with van der Waals surface area (Å²) in [5.41, 5.74) is 0.485. The van der Waals surface area contributed by atoms with Crippen LogP contribution in [0.3, 0.4) is 0 Å². The number of carbonyl (C=O) groups is 1. The standard InChI is InChI=1S/C16H11N3O4/c20-15-11-8-12(16(21)22)19(9-10-4-3-7-23-10)14(11)17-13-5-1-2-6-18(13)15/h1-8H,9H2,(H,21,22). The van der Waals surface area contributed by atoms with Crippen molar-refractivity contribution in [2.24, 2.45) is 0 Å². The Morgan fingerprint density at radius 2 is 2.13 bits per heavy atom. The summed E-state index contributed by atoms with van der Waals surface area (Å²) in [5, 5.41) is 9.70. The molecule has 0 saturated heterocycles. The molecule has 114 valence electrons. The maximum absolute atomic E-state index is 12.6. The molecule has 0 bridgehead atoms. The SMILES string of the molecule is O=C(O)c1cc2c(=O)n3ccccc3nc2n1Cc1ccco1. The quantitative estimate of drug-likeness (QED) is 0.625. The number of rotatable bonds is 3. The Labute approximate surface area is 129 Å². The number of hydrogen-bond acceptors (Lipinski definition) is 4. The van der Waals surface area contributed by atoms with Crippen molar-refractivity contribution in [1.29, 1.82) is 0 Å². The first-order valence-corrected chi connectivity index (χ1v) is 6.91. The molecule has 0 radical (unpaired) electrons. The van der Waals surface area contributed by atoms with Crippen molar-refractivity contribution in [1.82, 2.24) is 14.0 Å². The molecule has 0 atom stereocenters. The average Bonchev–Trinajstić information content (AvgIpc) is 3.17. The van der Waals surface area contributed by atoms with E-state index in [9.17, 15) is 14.7 Å². The van der Waals surface area contributed by atoms with Crippen molar-refractivity contribution >= 4 is 22.6 Å². The summed E-state index contributed by atoms with van der Waals surface area (Å²) in [6.07, 6.45) is 3.12. The summed E-state index contributed by atoms with van der Waals surface area (Å²) in [6.45, 7) is 0.188. The highest BCUT2D eigenvalue weighted by molar-refractivity contribution is 5.93. The Morgan fingerprint density at radius 1 is 1.26 bits per heavy atom. The monoisotopic (exact) mass is 309 g/mol. The zero-order valence-corrected chi connectivity index (χ0v) is 11.8. The van der Waals surface area contributed by atoms with Crippen molar-refractivity contribution in [2.45, 2.75) is 6.54 Å². The van der Waals surface area contributed by atoms with Crippen molar-refractivity contribution in [3.8, 4) is 0 Å². The maximum Gasteiger partial charge on any atom is 0.352 e. The summed E-state index contributed by atoms with van der Waals surface area (Å²) in [4.78, 5) is 28.6. The second-order valence-electron chi connectivity index (χ2n) is 5.08. The van der Waals surface area contributed by atoms with E-state index in [4.69, 9.17) is 4.42 Å². The first-order chi connectivity index (χ1) is 11.1. The largest absolute Gasteiger partial charge is 0.477 e. The van der Waals surface area contributed by atoms with Gasteiger partial charge in [-0.3, -0.25) is 9.20 Å². The number of aromatic nitrogens is 3. The molecule has 4 heterocycles. The fourth-order valence-electron chi connectivity index (χ4n) is 2.65. The smallest absolute Gasteiger partial charge is 0.352 e. The van der Waals surface area contributed by atoms with Gasteiger partial charge in [0, 0.05) is 6.20 Å². The van der Waals surface area contributed by atoms with Gasteiger partial charge in [0.25, 0.3) is 5.56 Å². The predicted octanol–water partition coefficient (Wildman–Crippen LogP) is 1.99. The third-order valence-corrected chi connectivity index (χ3v) is 3.69. The van der Waals surface area contributed by atoms with Crippen LogP contribution in [0.25, 0.3) is 16.7 Å². The van der Waals surface area contributed by atoms with E-state index in [2.05, 4.69) is 4.98 Å². The maximum atomic E-state index is 12.6. The highest BCUT2D eigenvalue weighted by Gasteiger charge is 2.19. The number of aromatic carboxylic acids is 1. The van der Waals surface area contributed by atoms with E-state index in [1.54, 1.807) is 36.5 Å². The Hall–Kier alpha value is -3.35. The molecule has 7 heteroatoms. The number of furan rings is 1. The van der Waals surface area contributed by atoms with Gasteiger partial charge in [-0.2, -0.15) is 0 Å². The van der Waals surface area contributed by atoms with Crippen LogP contribution in [0.2, 0.25) is 0 Å². The van der Waals surface area contributed by atoms with Crippen molar-refractivity contribution in [3.63, 3.8) is 0 Å². The Bertz CT molecular complexity index is 1090. The number of fused-ring (bicyclic) bond motifs is 2. The topological polar surface area (TPSA) is 89.7 Å². The lowest BCUT2D eigenvalue weighted by Gasteiger charge is -2.06. The molecule has 4 aromatic heterocycles.